The number of benzene rings is 1. The molecule has 0 unspecified atom stereocenters. The third kappa shape index (κ3) is 4.04. The van der Waals surface area contributed by atoms with Gasteiger partial charge in [-0.05, 0) is 36.4 Å². The second-order valence-electron chi connectivity index (χ2n) is 9.88. The number of hydrogen-bond donors (Lipinski definition) is 3. The van der Waals surface area contributed by atoms with Gasteiger partial charge in [0, 0.05) is 48.5 Å². The van der Waals surface area contributed by atoms with E-state index >= 15 is 8.78 Å². The summed E-state index contributed by atoms with van der Waals surface area (Å²) in [5.74, 6) is -0.114. The van der Waals surface area contributed by atoms with Crippen LogP contribution in [0.1, 0.15) is 12.0 Å². The number of halogens is 2. The van der Waals surface area contributed by atoms with Crippen molar-refractivity contribution >= 4 is 34.1 Å². The molecule has 0 radical (unpaired) electrons. The summed E-state index contributed by atoms with van der Waals surface area (Å²) < 4.78 is 41.6. The molecule has 2 aromatic heterocycles. The summed E-state index contributed by atoms with van der Waals surface area (Å²) in [6, 6.07) is 2.39. The number of carboxylic acid groups (broad SMARTS) is 1. The topological polar surface area (TPSA) is 126 Å². The molecule has 0 bridgehead atoms. The van der Waals surface area contributed by atoms with Crippen molar-refractivity contribution in [1.29, 1.82) is 0 Å². The number of pyridine rings is 2. The van der Waals surface area contributed by atoms with E-state index in [1.54, 1.807) is 6.07 Å². The molecule has 0 saturated carbocycles. The normalized spacial score (nSPS) is 21.8. The van der Waals surface area contributed by atoms with Crippen LogP contribution in [0.3, 0.4) is 0 Å². The number of amides is 1. The summed E-state index contributed by atoms with van der Waals surface area (Å²) in [6.45, 7) is 4.74. The number of alkyl halides is 1. The Morgan fingerprint density at radius 1 is 1.26 bits per heavy atom. The van der Waals surface area contributed by atoms with Gasteiger partial charge in [-0.25, -0.2) is 23.5 Å². The molecule has 5 heterocycles. The number of nitrogens with two attached hydrogens (primary N) is 1. The molecule has 10 nitrogen and oxygen atoms in total. The fourth-order valence-electron chi connectivity index (χ4n) is 5.49. The molecular formula is C26H28F2N6O4. The molecule has 3 aromatic rings. The molecule has 0 aliphatic carbocycles. The second kappa shape index (κ2) is 9.52. The minimum atomic E-state index is -1.40. The predicted molar refractivity (Wildman–Crippen MR) is 138 cm³/mol. The van der Waals surface area contributed by atoms with Crippen LogP contribution in [0.4, 0.5) is 30.8 Å². The van der Waals surface area contributed by atoms with Crippen molar-refractivity contribution in [3.63, 3.8) is 0 Å². The zero-order valence-electron chi connectivity index (χ0n) is 20.8. The Labute approximate surface area is 217 Å². The number of hydrogen-bond acceptors (Lipinski definition) is 8. The number of piperidine rings is 1. The highest BCUT2D eigenvalue weighted by Gasteiger charge is 2.40. The van der Waals surface area contributed by atoms with Crippen LogP contribution in [0, 0.1) is 12.7 Å². The van der Waals surface area contributed by atoms with Gasteiger partial charge in [0.2, 0.25) is 5.88 Å². The molecule has 200 valence electrons. The van der Waals surface area contributed by atoms with Gasteiger partial charge in [0.05, 0.1) is 31.0 Å². The Bertz CT molecular complexity index is 1420. The number of ether oxygens (including phenoxy) is 2. The fraction of sp³-hybridized carbons (Fsp3) is 0.423. The van der Waals surface area contributed by atoms with Gasteiger partial charge >= 0.3 is 6.09 Å². The van der Waals surface area contributed by atoms with E-state index in [2.05, 4.69) is 15.3 Å². The van der Waals surface area contributed by atoms with E-state index in [4.69, 9.17) is 15.2 Å². The van der Waals surface area contributed by atoms with E-state index in [-0.39, 0.29) is 29.7 Å². The van der Waals surface area contributed by atoms with Gasteiger partial charge < -0.3 is 25.6 Å². The minimum Gasteiger partial charge on any atom is -0.474 e. The molecule has 12 heteroatoms. The van der Waals surface area contributed by atoms with E-state index in [9.17, 15) is 9.90 Å². The SMILES string of the molecule is Cc1c(-c2cc3cc(N(C(=O)O)[C@H]4CCN(C5COC5)C[C@H]4F)ncc3c(N)c2F)cnc2c1NCCO2. The van der Waals surface area contributed by atoms with Crippen molar-refractivity contribution in [2.45, 2.75) is 31.6 Å². The summed E-state index contributed by atoms with van der Waals surface area (Å²) in [4.78, 5) is 23.9. The highest BCUT2D eigenvalue weighted by Crippen LogP contribution is 2.40. The minimum absolute atomic E-state index is 0.0605. The Morgan fingerprint density at radius 3 is 2.79 bits per heavy atom. The first-order valence-corrected chi connectivity index (χ1v) is 12.6. The number of nitrogen functional groups attached to an aromatic ring is 1. The van der Waals surface area contributed by atoms with Crippen LogP contribution < -0.4 is 20.7 Å². The average molecular weight is 527 g/mol. The molecule has 3 aliphatic heterocycles. The number of fused-ring (bicyclic) bond motifs is 2. The number of carbonyl (C=O) groups is 1. The predicted octanol–water partition coefficient (Wildman–Crippen LogP) is 3.43. The van der Waals surface area contributed by atoms with Gasteiger partial charge in [-0.1, -0.05) is 0 Å². The monoisotopic (exact) mass is 526 g/mol. The van der Waals surface area contributed by atoms with E-state index in [1.807, 2.05) is 11.8 Å². The van der Waals surface area contributed by atoms with Gasteiger partial charge in [-0.15, -0.1) is 0 Å². The molecule has 38 heavy (non-hydrogen) atoms. The molecule has 4 N–H and O–H groups in total. The van der Waals surface area contributed by atoms with Crippen molar-refractivity contribution in [3.05, 3.63) is 35.9 Å². The van der Waals surface area contributed by atoms with Crippen LogP contribution in [0.25, 0.3) is 21.9 Å². The highest BCUT2D eigenvalue weighted by molar-refractivity contribution is 5.99. The van der Waals surface area contributed by atoms with E-state index < -0.39 is 24.1 Å². The molecular weight excluding hydrogens is 498 g/mol. The van der Waals surface area contributed by atoms with Crippen molar-refractivity contribution in [3.8, 4) is 17.0 Å². The van der Waals surface area contributed by atoms with Crippen molar-refractivity contribution in [2.75, 3.05) is 55.4 Å². The van der Waals surface area contributed by atoms with Crippen molar-refractivity contribution < 1.29 is 28.2 Å². The standard InChI is InChI=1S/C26H28F2N6O4/c1-13-17(8-32-25-24(13)30-3-5-38-25)16-6-14-7-21(31-9-18(14)23(29)22(16)28)34(26(35)36)20-2-4-33(10-19(20)27)15-11-37-12-15/h6-9,15,19-20,30H,2-5,10-12,29H2,1H3,(H,35,36)/t19-,20+/m1/s1. The summed E-state index contributed by atoms with van der Waals surface area (Å²) in [7, 11) is 0. The lowest BCUT2D eigenvalue weighted by Crippen LogP contribution is -2.59. The Morgan fingerprint density at radius 2 is 2.08 bits per heavy atom. The first kappa shape index (κ1) is 24.6. The van der Waals surface area contributed by atoms with Crippen molar-refractivity contribution in [2.24, 2.45) is 0 Å². The number of likely N-dealkylation sites (tertiary alicyclic amines) is 1. The lowest BCUT2D eigenvalue weighted by molar-refractivity contribution is -0.0803. The molecule has 3 aliphatic rings. The van der Waals surface area contributed by atoms with Crippen LogP contribution in [0.15, 0.2) is 24.5 Å². The van der Waals surface area contributed by atoms with Gasteiger partial charge in [-0.2, -0.15) is 0 Å². The third-order valence-corrected chi connectivity index (χ3v) is 7.68. The maximum atomic E-state index is 15.5. The van der Waals surface area contributed by atoms with Gasteiger partial charge in [-0.3, -0.25) is 9.80 Å². The first-order valence-electron chi connectivity index (χ1n) is 12.6. The van der Waals surface area contributed by atoms with Gasteiger partial charge in [0.25, 0.3) is 0 Å². The zero-order chi connectivity index (χ0) is 26.6. The van der Waals surface area contributed by atoms with Crippen LogP contribution in [-0.2, 0) is 4.74 Å². The quantitative estimate of drug-likeness (QED) is 0.439. The number of nitrogens with one attached hydrogen (secondary N) is 1. The third-order valence-electron chi connectivity index (χ3n) is 7.68. The van der Waals surface area contributed by atoms with E-state index in [0.717, 1.165) is 10.5 Å². The number of aromatic nitrogens is 2. The smallest absolute Gasteiger partial charge is 0.413 e. The van der Waals surface area contributed by atoms with Gasteiger partial charge in [0.15, 0.2) is 5.82 Å². The van der Waals surface area contributed by atoms with Gasteiger partial charge in [0.1, 0.15) is 24.3 Å². The summed E-state index contributed by atoms with van der Waals surface area (Å²) >= 11 is 0. The van der Waals surface area contributed by atoms with E-state index in [0.29, 0.717) is 67.2 Å². The zero-order valence-corrected chi connectivity index (χ0v) is 20.8. The summed E-state index contributed by atoms with van der Waals surface area (Å²) in [5.41, 5.74) is 8.24. The Kier molecular flexibility index (Phi) is 6.15. The van der Waals surface area contributed by atoms with E-state index in [1.165, 1.54) is 18.5 Å². The number of rotatable bonds is 4. The largest absolute Gasteiger partial charge is 0.474 e. The Hall–Kier alpha value is -3.77. The molecule has 1 amide bonds. The van der Waals surface area contributed by atoms with Crippen molar-refractivity contribution in [1.82, 2.24) is 14.9 Å². The van der Waals surface area contributed by atoms with Crippen LogP contribution in [-0.4, -0.2) is 83.8 Å². The molecule has 6 rings (SSSR count). The Balaban J connectivity index is 1.38. The molecule has 2 saturated heterocycles. The maximum absolute atomic E-state index is 15.5. The summed E-state index contributed by atoms with van der Waals surface area (Å²) in [6.07, 6.45) is 0.483. The molecule has 1 aromatic carbocycles. The molecule has 2 atom stereocenters. The first-order chi connectivity index (χ1) is 18.3. The van der Waals surface area contributed by atoms with Crippen LogP contribution in [0.5, 0.6) is 5.88 Å². The molecule has 2 fully saturated rings. The maximum Gasteiger partial charge on any atom is 0.413 e. The fourth-order valence-corrected chi connectivity index (χ4v) is 5.49. The van der Waals surface area contributed by atoms with Crippen LogP contribution >= 0.6 is 0 Å². The summed E-state index contributed by atoms with van der Waals surface area (Å²) in [5, 5.41) is 14.1. The lowest BCUT2D eigenvalue weighted by Gasteiger charge is -2.44. The lowest BCUT2D eigenvalue weighted by atomic mass is 9.96. The second-order valence-corrected chi connectivity index (χ2v) is 9.88. The number of anilines is 3. The average Bonchev–Trinajstić information content (AvgIpc) is 2.87. The molecule has 0 spiro atoms. The number of nitrogens with zero attached hydrogens (tertiary/aromatic N) is 4. The van der Waals surface area contributed by atoms with Crippen LogP contribution in [0.2, 0.25) is 0 Å². The highest BCUT2D eigenvalue weighted by atomic mass is 19.1.